The maximum absolute atomic E-state index is 12.2. The van der Waals surface area contributed by atoms with Crippen molar-refractivity contribution in [2.45, 2.75) is 45.3 Å². The Morgan fingerprint density at radius 1 is 1.26 bits per heavy atom. The molecule has 0 spiro atoms. The normalized spacial score (nSPS) is 19.8. The van der Waals surface area contributed by atoms with Crippen LogP contribution < -0.4 is 5.32 Å². The first-order valence-corrected chi connectivity index (χ1v) is 9.75. The van der Waals surface area contributed by atoms with E-state index >= 15 is 0 Å². The average molecular weight is 369 g/mol. The first-order chi connectivity index (χ1) is 13.1. The molecule has 27 heavy (non-hydrogen) atoms. The van der Waals surface area contributed by atoms with Crippen LogP contribution in [-0.4, -0.2) is 64.2 Å². The van der Waals surface area contributed by atoms with Crippen molar-refractivity contribution >= 4 is 5.91 Å². The van der Waals surface area contributed by atoms with Gasteiger partial charge in [-0.2, -0.15) is 0 Å². The van der Waals surface area contributed by atoms with Gasteiger partial charge < -0.3 is 9.73 Å². The average Bonchev–Trinajstić information content (AvgIpc) is 3.36. The SMILES string of the molecule is Cc1cccc(-c2nnc(CN3CCN(C(C)C(=O)NC4CC4)CC3)o2)c1. The molecule has 1 amide bonds. The Kier molecular flexibility index (Phi) is 5.22. The third-order valence-corrected chi connectivity index (χ3v) is 5.35. The maximum Gasteiger partial charge on any atom is 0.247 e. The van der Waals surface area contributed by atoms with Gasteiger partial charge in [-0.3, -0.25) is 14.6 Å². The monoisotopic (exact) mass is 369 g/mol. The van der Waals surface area contributed by atoms with Crippen molar-refractivity contribution in [3.05, 3.63) is 35.7 Å². The molecule has 1 saturated heterocycles. The highest BCUT2D eigenvalue weighted by atomic mass is 16.4. The first-order valence-electron chi connectivity index (χ1n) is 9.75. The van der Waals surface area contributed by atoms with Crippen LogP contribution in [0.15, 0.2) is 28.7 Å². The van der Waals surface area contributed by atoms with Gasteiger partial charge in [-0.1, -0.05) is 17.7 Å². The predicted molar refractivity (Wildman–Crippen MR) is 102 cm³/mol. The molecule has 7 nitrogen and oxygen atoms in total. The zero-order valence-electron chi connectivity index (χ0n) is 16.0. The summed E-state index contributed by atoms with van der Waals surface area (Å²) in [5.74, 6) is 1.36. The van der Waals surface area contributed by atoms with E-state index in [4.69, 9.17) is 4.42 Å². The van der Waals surface area contributed by atoms with E-state index in [-0.39, 0.29) is 11.9 Å². The fourth-order valence-corrected chi connectivity index (χ4v) is 3.43. The molecule has 144 valence electrons. The van der Waals surface area contributed by atoms with E-state index in [0.717, 1.165) is 44.6 Å². The predicted octanol–water partition coefficient (Wildman–Crippen LogP) is 1.83. The lowest BCUT2D eigenvalue weighted by molar-refractivity contribution is -0.126. The van der Waals surface area contributed by atoms with Crippen molar-refractivity contribution in [3.8, 4) is 11.5 Å². The van der Waals surface area contributed by atoms with Crippen LogP contribution >= 0.6 is 0 Å². The molecule has 1 N–H and O–H groups in total. The summed E-state index contributed by atoms with van der Waals surface area (Å²) in [6.45, 7) is 8.23. The second-order valence-electron chi connectivity index (χ2n) is 7.64. The van der Waals surface area contributed by atoms with Gasteiger partial charge in [0.1, 0.15) is 0 Å². The summed E-state index contributed by atoms with van der Waals surface area (Å²) in [5.41, 5.74) is 2.12. The molecule has 1 aliphatic heterocycles. The van der Waals surface area contributed by atoms with E-state index in [2.05, 4.69) is 25.3 Å². The van der Waals surface area contributed by atoms with Gasteiger partial charge in [0.15, 0.2) is 0 Å². The Labute approximate surface area is 159 Å². The zero-order chi connectivity index (χ0) is 18.8. The molecule has 1 atom stereocenters. The van der Waals surface area contributed by atoms with Crippen LogP contribution in [0.25, 0.3) is 11.5 Å². The van der Waals surface area contributed by atoms with Gasteiger partial charge in [-0.15, -0.1) is 10.2 Å². The molecule has 2 aromatic rings. The number of hydrogen-bond donors (Lipinski definition) is 1. The zero-order valence-corrected chi connectivity index (χ0v) is 16.0. The number of carbonyl (C=O) groups is 1. The van der Waals surface area contributed by atoms with Gasteiger partial charge in [0.05, 0.1) is 12.6 Å². The number of nitrogens with one attached hydrogen (secondary N) is 1. The fourth-order valence-electron chi connectivity index (χ4n) is 3.43. The number of amides is 1. The molecule has 0 radical (unpaired) electrons. The quantitative estimate of drug-likeness (QED) is 0.837. The molecule has 2 fully saturated rings. The van der Waals surface area contributed by atoms with E-state index in [0.29, 0.717) is 24.4 Å². The van der Waals surface area contributed by atoms with Crippen molar-refractivity contribution < 1.29 is 9.21 Å². The Morgan fingerprint density at radius 2 is 2.04 bits per heavy atom. The lowest BCUT2D eigenvalue weighted by atomic mass is 10.1. The lowest BCUT2D eigenvalue weighted by Gasteiger charge is -2.36. The Bertz CT molecular complexity index is 793. The summed E-state index contributed by atoms with van der Waals surface area (Å²) in [4.78, 5) is 16.8. The summed E-state index contributed by atoms with van der Waals surface area (Å²) < 4.78 is 5.85. The topological polar surface area (TPSA) is 74.5 Å². The van der Waals surface area contributed by atoms with Crippen LogP contribution in [0.5, 0.6) is 0 Å². The molecule has 1 unspecified atom stereocenters. The van der Waals surface area contributed by atoms with Crippen molar-refractivity contribution in [1.82, 2.24) is 25.3 Å². The third kappa shape index (κ3) is 4.54. The summed E-state index contributed by atoms with van der Waals surface area (Å²) in [5, 5.41) is 11.5. The minimum Gasteiger partial charge on any atom is -0.419 e. The summed E-state index contributed by atoms with van der Waals surface area (Å²) in [6.07, 6.45) is 2.25. The summed E-state index contributed by atoms with van der Waals surface area (Å²) in [7, 11) is 0. The van der Waals surface area contributed by atoms with E-state index in [1.165, 1.54) is 5.56 Å². The highest BCUT2D eigenvalue weighted by Crippen LogP contribution is 2.21. The van der Waals surface area contributed by atoms with Gasteiger partial charge >= 0.3 is 0 Å². The molecular formula is C20H27N5O2. The molecule has 2 heterocycles. The fraction of sp³-hybridized carbons (Fsp3) is 0.550. The van der Waals surface area contributed by atoms with Crippen LogP contribution in [0.1, 0.15) is 31.2 Å². The Morgan fingerprint density at radius 3 is 2.74 bits per heavy atom. The largest absolute Gasteiger partial charge is 0.419 e. The molecule has 7 heteroatoms. The number of aromatic nitrogens is 2. The number of piperazine rings is 1. The number of aryl methyl sites for hydroxylation is 1. The van der Waals surface area contributed by atoms with Crippen LogP contribution in [0, 0.1) is 6.92 Å². The molecule has 1 aromatic heterocycles. The van der Waals surface area contributed by atoms with E-state index in [1.54, 1.807) is 0 Å². The number of carbonyl (C=O) groups excluding carboxylic acids is 1. The van der Waals surface area contributed by atoms with Crippen LogP contribution in [0.4, 0.5) is 0 Å². The molecule has 4 rings (SSSR count). The van der Waals surface area contributed by atoms with E-state index < -0.39 is 0 Å². The molecule has 1 aromatic carbocycles. The number of rotatable bonds is 6. The van der Waals surface area contributed by atoms with Gasteiger partial charge in [0, 0.05) is 37.8 Å². The second kappa shape index (κ2) is 7.78. The number of hydrogen-bond acceptors (Lipinski definition) is 6. The number of nitrogens with zero attached hydrogens (tertiary/aromatic N) is 4. The molecule has 0 bridgehead atoms. The van der Waals surface area contributed by atoms with Gasteiger partial charge in [-0.25, -0.2) is 0 Å². The van der Waals surface area contributed by atoms with Crippen molar-refractivity contribution in [2.24, 2.45) is 0 Å². The van der Waals surface area contributed by atoms with Crippen LogP contribution in [0.2, 0.25) is 0 Å². The molecule has 1 aliphatic carbocycles. The van der Waals surface area contributed by atoms with Crippen molar-refractivity contribution in [1.29, 1.82) is 0 Å². The summed E-state index contributed by atoms with van der Waals surface area (Å²) in [6, 6.07) is 8.42. The third-order valence-electron chi connectivity index (χ3n) is 5.35. The molecule has 1 saturated carbocycles. The highest BCUT2D eigenvalue weighted by Gasteiger charge is 2.30. The molecule has 2 aliphatic rings. The Hall–Kier alpha value is -2.25. The van der Waals surface area contributed by atoms with Gasteiger partial charge in [0.2, 0.25) is 17.7 Å². The second-order valence-corrected chi connectivity index (χ2v) is 7.64. The summed E-state index contributed by atoms with van der Waals surface area (Å²) >= 11 is 0. The van der Waals surface area contributed by atoms with E-state index in [1.807, 2.05) is 38.1 Å². The van der Waals surface area contributed by atoms with Gasteiger partial charge in [-0.05, 0) is 38.8 Å². The van der Waals surface area contributed by atoms with Crippen LogP contribution in [0.3, 0.4) is 0 Å². The van der Waals surface area contributed by atoms with E-state index in [9.17, 15) is 4.79 Å². The number of benzene rings is 1. The van der Waals surface area contributed by atoms with Crippen molar-refractivity contribution in [3.63, 3.8) is 0 Å². The van der Waals surface area contributed by atoms with Gasteiger partial charge in [0.25, 0.3) is 0 Å². The first kappa shape index (κ1) is 18.1. The lowest BCUT2D eigenvalue weighted by Crippen LogP contribution is -2.53. The maximum atomic E-state index is 12.2. The minimum absolute atomic E-state index is 0.0657. The highest BCUT2D eigenvalue weighted by molar-refractivity contribution is 5.81. The standard InChI is InChI=1S/C20H27N5O2/c1-14-4-3-5-16(12-14)20-23-22-18(27-20)13-24-8-10-25(11-9-24)15(2)19(26)21-17-6-7-17/h3-5,12,15,17H,6-11,13H2,1-2H3,(H,21,26). The minimum atomic E-state index is -0.0657. The smallest absolute Gasteiger partial charge is 0.247 e. The molecular weight excluding hydrogens is 342 g/mol. The van der Waals surface area contributed by atoms with Crippen molar-refractivity contribution in [2.75, 3.05) is 26.2 Å². The Balaban J connectivity index is 1.28. The van der Waals surface area contributed by atoms with Crippen LogP contribution in [-0.2, 0) is 11.3 Å².